The Morgan fingerprint density at radius 1 is 1.23 bits per heavy atom. The lowest BCUT2D eigenvalue weighted by Gasteiger charge is -2.24. The molecule has 1 aliphatic rings. The van der Waals surface area contributed by atoms with Crippen LogP contribution in [-0.2, 0) is 27.4 Å². The Kier molecular flexibility index (Phi) is 5.11. The molecule has 134 valence electrons. The maximum absolute atomic E-state index is 12.5. The van der Waals surface area contributed by atoms with Crippen LogP contribution in [0.4, 0.5) is 0 Å². The fourth-order valence-electron chi connectivity index (χ4n) is 2.67. The molecule has 2 N–H and O–H groups in total. The first-order chi connectivity index (χ1) is 12.4. The Hall–Kier alpha value is -2.64. The van der Waals surface area contributed by atoms with Gasteiger partial charge in [-0.1, -0.05) is 36.4 Å². The van der Waals surface area contributed by atoms with Gasteiger partial charge in [-0.15, -0.1) is 0 Å². The van der Waals surface area contributed by atoms with Crippen LogP contribution in [0.3, 0.4) is 0 Å². The number of carbonyl (C=O) groups is 2. The average Bonchev–Trinajstić information content (AvgIpc) is 3.00. The van der Waals surface area contributed by atoms with E-state index in [1.807, 2.05) is 30.3 Å². The van der Waals surface area contributed by atoms with Gasteiger partial charge in [0.15, 0.2) is 0 Å². The van der Waals surface area contributed by atoms with Crippen molar-refractivity contribution in [2.24, 2.45) is 0 Å². The quantitative estimate of drug-likeness (QED) is 0.622. The van der Waals surface area contributed by atoms with Crippen molar-refractivity contribution in [2.45, 2.75) is 32.6 Å². The lowest BCUT2D eigenvalue weighted by molar-refractivity contribution is -0.151. The van der Waals surface area contributed by atoms with Gasteiger partial charge in [0.25, 0.3) is 5.91 Å². The van der Waals surface area contributed by atoms with E-state index in [0.29, 0.717) is 17.6 Å². The zero-order chi connectivity index (χ0) is 18.7. The smallest absolute Gasteiger partial charge is 0.459 e. The molecule has 6 nitrogen and oxygen atoms in total. The monoisotopic (exact) mass is 353 g/mol. The summed E-state index contributed by atoms with van der Waals surface area (Å²) in [7, 11) is -1.03. The third-order valence-electron chi connectivity index (χ3n) is 4.22. The number of benzene rings is 2. The van der Waals surface area contributed by atoms with Crippen LogP contribution < -0.4 is 10.8 Å². The first kappa shape index (κ1) is 18.2. The number of hydrogen-bond donors (Lipinski definition) is 2. The van der Waals surface area contributed by atoms with Gasteiger partial charge >= 0.3 is 13.1 Å². The molecule has 0 saturated heterocycles. The van der Waals surface area contributed by atoms with Crippen LogP contribution >= 0.6 is 0 Å². The Labute approximate surface area is 152 Å². The number of carbonyl (C=O) groups excluding carboxylic acids is 2. The summed E-state index contributed by atoms with van der Waals surface area (Å²) in [5, 5.41) is 12.4. The van der Waals surface area contributed by atoms with Crippen molar-refractivity contribution in [1.82, 2.24) is 5.32 Å². The van der Waals surface area contributed by atoms with Gasteiger partial charge in [0.1, 0.15) is 12.1 Å². The van der Waals surface area contributed by atoms with Crippen molar-refractivity contribution in [1.29, 1.82) is 0 Å². The molecule has 0 aromatic heterocycles. The largest absolute Gasteiger partial charge is 0.491 e. The molecule has 0 fully saturated rings. The number of esters is 1. The molecule has 3 rings (SSSR count). The Morgan fingerprint density at radius 3 is 2.69 bits per heavy atom. The van der Waals surface area contributed by atoms with Crippen molar-refractivity contribution in [3.05, 3.63) is 65.2 Å². The third kappa shape index (κ3) is 3.95. The van der Waals surface area contributed by atoms with Crippen LogP contribution in [0.1, 0.15) is 35.3 Å². The van der Waals surface area contributed by atoms with Crippen molar-refractivity contribution < 1.29 is 24.0 Å². The predicted octanol–water partition coefficient (Wildman–Crippen LogP) is 1.16. The number of amides is 1. The Morgan fingerprint density at radius 2 is 1.96 bits per heavy atom. The highest BCUT2D eigenvalue weighted by molar-refractivity contribution is 6.61. The molecule has 0 atom stereocenters. The van der Waals surface area contributed by atoms with Crippen LogP contribution in [0.5, 0.6) is 0 Å². The second-order valence-corrected chi connectivity index (χ2v) is 6.72. The Bertz CT molecular complexity index is 822. The molecule has 0 unspecified atom stereocenters. The van der Waals surface area contributed by atoms with Gasteiger partial charge in [0, 0.05) is 5.56 Å². The minimum Gasteiger partial charge on any atom is -0.459 e. The van der Waals surface area contributed by atoms with Gasteiger partial charge in [-0.2, -0.15) is 0 Å². The maximum Gasteiger partial charge on any atom is 0.491 e. The molecule has 0 radical (unpaired) electrons. The predicted molar refractivity (Wildman–Crippen MR) is 96.6 cm³/mol. The van der Waals surface area contributed by atoms with E-state index in [1.165, 1.54) is 0 Å². The zero-order valence-electron chi connectivity index (χ0n) is 14.7. The van der Waals surface area contributed by atoms with E-state index in [2.05, 4.69) is 5.32 Å². The maximum atomic E-state index is 12.5. The molecule has 0 bridgehead atoms. The Balaban J connectivity index is 1.64. The highest BCUT2D eigenvalue weighted by Crippen LogP contribution is 2.14. The summed E-state index contributed by atoms with van der Waals surface area (Å²) in [5.74, 6) is -0.951. The van der Waals surface area contributed by atoms with E-state index < -0.39 is 24.5 Å². The molecule has 0 aliphatic carbocycles. The van der Waals surface area contributed by atoms with Crippen LogP contribution in [0.2, 0.25) is 0 Å². The van der Waals surface area contributed by atoms with Crippen LogP contribution in [0.25, 0.3) is 0 Å². The lowest BCUT2D eigenvalue weighted by atomic mass is 9.78. The molecule has 0 spiro atoms. The minimum atomic E-state index is -1.19. The minimum absolute atomic E-state index is 0.140. The second-order valence-electron chi connectivity index (χ2n) is 6.72. The number of nitrogens with one attached hydrogen (secondary N) is 1. The molecule has 2 aromatic carbocycles. The summed E-state index contributed by atoms with van der Waals surface area (Å²) in [6.07, 6.45) is 0. The van der Waals surface area contributed by atoms with Crippen LogP contribution in [-0.4, -0.2) is 29.6 Å². The molecule has 2 aromatic rings. The van der Waals surface area contributed by atoms with Gasteiger partial charge in [-0.3, -0.25) is 4.79 Å². The van der Waals surface area contributed by atoms with E-state index in [0.717, 1.165) is 11.1 Å². The summed E-state index contributed by atoms with van der Waals surface area (Å²) >= 11 is 0. The number of rotatable bonds is 5. The second kappa shape index (κ2) is 7.31. The summed E-state index contributed by atoms with van der Waals surface area (Å²) < 4.78 is 10.4. The van der Waals surface area contributed by atoms with Crippen LogP contribution in [0.15, 0.2) is 48.5 Å². The summed E-state index contributed by atoms with van der Waals surface area (Å²) in [6.45, 7) is 3.63. The van der Waals surface area contributed by atoms with Gasteiger partial charge in [-0.05, 0) is 42.6 Å². The van der Waals surface area contributed by atoms with Crippen LogP contribution in [0, 0.1) is 0 Å². The summed E-state index contributed by atoms with van der Waals surface area (Å²) in [5.41, 5.74) is 1.44. The van der Waals surface area contributed by atoms with E-state index in [9.17, 15) is 14.6 Å². The SMILES string of the molecule is CC(C)(NC(=O)c1ccc2c(c1)B(O)OC2)C(=O)OCc1ccccc1. The van der Waals surface area contributed by atoms with E-state index in [1.54, 1.807) is 32.0 Å². The lowest BCUT2D eigenvalue weighted by Crippen LogP contribution is -2.50. The first-order valence-electron chi connectivity index (χ1n) is 8.33. The van der Waals surface area contributed by atoms with Crippen molar-refractivity contribution in [3.63, 3.8) is 0 Å². The highest BCUT2D eigenvalue weighted by atomic mass is 16.5. The van der Waals surface area contributed by atoms with Gasteiger partial charge in [-0.25, -0.2) is 4.79 Å². The van der Waals surface area contributed by atoms with E-state index in [4.69, 9.17) is 9.39 Å². The molecule has 26 heavy (non-hydrogen) atoms. The summed E-state index contributed by atoms with van der Waals surface area (Å²) in [6, 6.07) is 14.3. The van der Waals surface area contributed by atoms with E-state index >= 15 is 0 Å². The molecule has 0 saturated carbocycles. The van der Waals surface area contributed by atoms with Gasteiger partial charge in [0.05, 0.1) is 6.61 Å². The molecular weight excluding hydrogens is 333 g/mol. The zero-order valence-corrected chi connectivity index (χ0v) is 14.7. The topological polar surface area (TPSA) is 84.9 Å². The highest BCUT2D eigenvalue weighted by Gasteiger charge is 2.33. The summed E-state index contributed by atoms with van der Waals surface area (Å²) in [4.78, 5) is 24.9. The van der Waals surface area contributed by atoms with Gasteiger partial charge in [0.2, 0.25) is 0 Å². The van der Waals surface area contributed by atoms with Crippen molar-refractivity contribution in [3.8, 4) is 0 Å². The number of hydrogen-bond acceptors (Lipinski definition) is 5. The molecular formula is C19H20BNO5. The standard InChI is InChI=1S/C19H20BNO5/c1-19(2,18(23)25-11-13-6-4-3-5-7-13)21-17(22)14-8-9-15-12-26-20(24)16(15)10-14/h3-10,24H,11-12H2,1-2H3,(H,21,22). The molecule has 1 amide bonds. The number of fused-ring (bicyclic) bond motifs is 1. The average molecular weight is 353 g/mol. The molecule has 1 heterocycles. The molecule has 7 heteroatoms. The number of ether oxygens (including phenoxy) is 1. The first-order valence-corrected chi connectivity index (χ1v) is 8.33. The fourth-order valence-corrected chi connectivity index (χ4v) is 2.67. The van der Waals surface area contributed by atoms with Crippen molar-refractivity contribution in [2.75, 3.05) is 0 Å². The van der Waals surface area contributed by atoms with E-state index in [-0.39, 0.29) is 6.61 Å². The van der Waals surface area contributed by atoms with Gasteiger partial charge < -0.3 is 19.7 Å². The fraction of sp³-hybridized carbons (Fsp3) is 0.263. The molecule has 1 aliphatic heterocycles. The van der Waals surface area contributed by atoms with Crippen molar-refractivity contribution >= 4 is 24.5 Å². The normalized spacial score (nSPS) is 13.3. The third-order valence-corrected chi connectivity index (χ3v) is 4.22.